The van der Waals surface area contributed by atoms with Gasteiger partial charge in [0.15, 0.2) is 0 Å². The number of primary amides is 1. The Kier molecular flexibility index (Phi) is 2.41. The first-order chi connectivity index (χ1) is 9.06. The van der Waals surface area contributed by atoms with E-state index in [4.69, 9.17) is 5.73 Å². The Morgan fingerprint density at radius 2 is 1.95 bits per heavy atom. The fourth-order valence-electron chi connectivity index (χ4n) is 2.26. The molecule has 3 rings (SSSR count). The number of nitrogens with zero attached hydrogens (tertiary/aromatic N) is 3. The van der Waals surface area contributed by atoms with Crippen LogP contribution in [0.3, 0.4) is 0 Å². The van der Waals surface area contributed by atoms with Crippen LogP contribution in [0, 0.1) is 0 Å². The number of amides is 3. The molecule has 0 aromatic rings. The van der Waals surface area contributed by atoms with Crippen LogP contribution in [-0.2, 0) is 14.4 Å². The largest absolute Gasteiger partial charge is 0.366 e. The third-order valence-electron chi connectivity index (χ3n) is 3.30. The second-order valence-electron chi connectivity index (χ2n) is 4.51. The van der Waals surface area contributed by atoms with Gasteiger partial charge < -0.3 is 10.6 Å². The Labute approximate surface area is 109 Å². The van der Waals surface area contributed by atoms with Gasteiger partial charge in [-0.05, 0) is 6.42 Å². The number of hydrogen-bond acceptors (Lipinski definition) is 4. The summed E-state index contributed by atoms with van der Waals surface area (Å²) in [6.45, 7) is 0.583. The van der Waals surface area contributed by atoms with Gasteiger partial charge in [0.25, 0.3) is 5.91 Å². The Morgan fingerprint density at radius 1 is 1.21 bits per heavy atom. The van der Waals surface area contributed by atoms with Crippen LogP contribution in [0.5, 0.6) is 0 Å². The summed E-state index contributed by atoms with van der Waals surface area (Å²) in [6, 6.07) is 0. The van der Waals surface area contributed by atoms with Crippen LogP contribution in [0.15, 0.2) is 35.7 Å². The van der Waals surface area contributed by atoms with Gasteiger partial charge in [0.1, 0.15) is 6.67 Å². The lowest BCUT2D eigenvalue weighted by atomic mass is 10.1. The first kappa shape index (κ1) is 11.5. The topological polar surface area (TPSA) is 87.0 Å². The molecule has 1 saturated heterocycles. The van der Waals surface area contributed by atoms with Crippen molar-refractivity contribution in [3.05, 3.63) is 35.7 Å². The van der Waals surface area contributed by atoms with Crippen LogP contribution >= 0.6 is 0 Å². The summed E-state index contributed by atoms with van der Waals surface area (Å²) in [6.07, 6.45) is 6.29. The molecule has 3 heterocycles. The lowest BCUT2D eigenvalue weighted by molar-refractivity contribution is -0.149. The zero-order chi connectivity index (χ0) is 13.6. The summed E-state index contributed by atoms with van der Waals surface area (Å²) < 4.78 is 0. The van der Waals surface area contributed by atoms with E-state index in [1.54, 1.807) is 16.1 Å². The van der Waals surface area contributed by atoms with Gasteiger partial charge in [-0.3, -0.25) is 19.4 Å². The molecule has 1 fully saturated rings. The van der Waals surface area contributed by atoms with Gasteiger partial charge >= 0.3 is 0 Å². The van der Waals surface area contributed by atoms with Crippen molar-refractivity contribution >= 4 is 17.7 Å². The lowest BCUT2D eigenvalue weighted by Gasteiger charge is -2.44. The van der Waals surface area contributed by atoms with E-state index in [0.717, 1.165) is 5.70 Å². The fraction of sp³-hybridized carbons (Fsp3) is 0.250. The highest BCUT2D eigenvalue weighted by Crippen LogP contribution is 2.26. The van der Waals surface area contributed by atoms with Crippen molar-refractivity contribution in [3.8, 4) is 0 Å². The zero-order valence-electron chi connectivity index (χ0n) is 10.1. The first-order valence-electron chi connectivity index (χ1n) is 5.83. The van der Waals surface area contributed by atoms with Gasteiger partial charge in [0.05, 0.1) is 12.2 Å². The van der Waals surface area contributed by atoms with E-state index in [0.29, 0.717) is 18.5 Å². The third-order valence-corrected chi connectivity index (χ3v) is 3.30. The second-order valence-corrected chi connectivity index (χ2v) is 4.51. The molecule has 7 heteroatoms. The van der Waals surface area contributed by atoms with Gasteiger partial charge in [-0.25, -0.2) is 5.01 Å². The van der Waals surface area contributed by atoms with Crippen molar-refractivity contribution in [1.82, 2.24) is 14.9 Å². The molecule has 98 valence electrons. The maximum Gasteiger partial charge on any atom is 0.267 e. The number of hydrogen-bond donors (Lipinski definition) is 1. The van der Waals surface area contributed by atoms with Crippen LogP contribution < -0.4 is 5.73 Å². The molecule has 0 unspecified atom stereocenters. The predicted octanol–water partition coefficient (Wildman–Crippen LogP) is -0.942. The Hall–Kier alpha value is -2.57. The summed E-state index contributed by atoms with van der Waals surface area (Å²) in [4.78, 5) is 36.5. The molecule has 2 N–H and O–H groups in total. The molecular formula is C12H12N4O3. The highest BCUT2D eigenvalue weighted by Gasteiger charge is 2.35. The molecule has 0 saturated carbocycles. The van der Waals surface area contributed by atoms with E-state index in [2.05, 4.69) is 0 Å². The number of allylic oxidation sites excluding steroid dienone is 1. The summed E-state index contributed by atoms with van der Waals surface area (Å²) in [5, 5.41) is 3.00. The highest BCUT2D eigenvalue weighted by atomic mass is 16.2. The number of hydrazine groups is 1. The third kappa shape index (κ3) is 1.79. The van der Waals surface area contributed by atoms with Crippen molar-refractivity contribution < 1.29 is 14.4 Å². The molecule has 0 aromatic heterocycles. The smallest absolute Gasteiger partial charge is 0.267 e. The standard InChI is InChI=1S/C12H12N4O3/c13-12(19)8-1-2-9-6-14-7-16(15(9)5-8)11(18)4-3-10(14)17/h2-5H,1,6-7H2,(H2,13,19). The van der Waals surface area contributed by atoms with Gasteiger partial charge in [0, 0.05) is 23.9 Å². The maximum atomic E-state index is 11.9. The van der Waals surface area contributed by atoms with Crippen molar-refractivity contribution in [2.75, 3.05) is 13.2 Å². The number of carbonyl (C=O) groups is 3. The minimum absolute atomic E-state index is 0.171. The van der Waals surface area contributed by atoms with Crippen LogP contribution in [0.2, 0.25) is 0 Å². The average Bonchev–Trinajstić information content (AvgIpc) is 2.51. The van der Waals surface area contributed by atoms with Gasteiger partial charge in [-0.1, -0.05) is 6.08 Å². The second kappa shape index (κ2) is 3.98. The van der Waals surface area contributed by atoms with Crippen LogP contribution in [0.25, 0.3) is 0 Å². The quantitative estimate of drug-likeness (QED) is 0.659. The van der Waals surface area contributed by atoms with E-state index in [-0.39, 0.29) is 18.5 Å². The number of rotatable bonds is 1. The number of fused-ring (bicyclic) bond motifs is 4. The molecule has 3 aliphatic heterocycles. The SMILES string of the molecule is NC(=O)C1=CN2C(=CC1)CN1CN2C(=O)C=CC1=O. The van der Waals surface area contributed by atoms with Gasteiger partial charge in [-0.2, -0.15) is 0 Å². The van der Waals surface area contributed by atoms with E-state index >= 15 is 0 Å². The van der Waals surface area contributed by atoms with Crippen molar-refractivity contribution in [2.45, 2.75) is 6.42 Å². The lowest BCUT2D eigenvalue weighted by Crippen LogP contribution is -2.55. The normalized spacial score (nSPS) is 21.8. The molecule has 0 spiro atoms. The fourth-order valence-corrected chi connectivity index (χ4v) is 2.26. The maximum absolute atomic E-state index is 11.9. The molecule has 2 bridgehead atoms. The molecule has 3 aliphatic rings. The number of nitrogens with two attached hydrogens (primary N) is 1. The summed E-state index contributed by atoms with van der Waals surface area (Å²) >= 11 is 0. The summed E-state index contributed by atoms with van der Waals surface area (Å²) in [5.41, 5.74) is 6.49. The van der Waals surface area contributed by atoms with E-state index in [9.17, 15) is 14.4 Å². The Bertz CT molecular complexity index is 576. The Balaban J connectivity index is 1.99. The molecular weight excluding hydrogens is 248 g/mol. The zero-order valence-corrected chi connectivity index (χ0v) is 10.1. The highest BCUT2D eigenvalue weighted by molar-refractivity contribution is 5.99. The van der Waals surface area contributed by atoms with Crippen LogP contribution in [0.4, 0.5) is 0 Å². The monoisotopic (exact) mass is 260 g/mol. The Morgan fingerprint density at radius 3 is 2.68 bits per heavy atom. The van der Waals surface area contributed by atoms with Crippen molar-refractivity contribution in [2.24, 2.45) is 5.73 Å². The predicted molar refractivity (Wildman–Crippen MR) is 64.4 cm³/mol. The molecule has 19 heavy (non-hydrogen) atoms. The minimum Gasteiger partial charge on any atom is -0.366 e. The summed E-state index contributed by atoms with van der Waals surface area (Å²) in [5.74, 6) is -1.00. The molecule has 0 atom stereocenters. The van der Waals surface area contributed by atoms with E-state index in [1.165, 1.54) is 17.2 Å². The van der Waals surface area contributed by atoms with E-state index in [1.807, 2.05) is 6.08 Å². The van der Waals surface area contributed by atoms with Gasteiger partial charge in [0.2, 0.25) is 11.8 Å². The van der Waals surface area contributed by atoms with Crippen molar-refractivity contribution in [1.29, 1.82) is 0 Å². The minimum atomic E-state index is -0.508. The van der Waals surface area contributed by atoms with Gasteiger partial charge in [-0.15, -0.1) is 0 Å². The molecule has 3 amide bonds. The molecule has 7 nitrogen and oxygen atoms in total. The van der Waals surface area contributed by atoms with Crippen molar-refractivity contribution in [3.63, 3.8) is 0 Å². The molecule has 0 radical (unpaired) electrons. The van der Waals surface area contributed by atoms with Crippen LogP contribution in [0.1, 0.15) is 6.42 Å². The van der Waals surface area contributed by atoms with Crippen LogP contribution in [-0.4, -0.2) is 45.9 Å². The summed E-state index contributed by atoms with van der Waals surface area (Å²) in [7, 11) is 0. The molecule has 0 aromatic carbocycles. The molecule has 0 aliphatic carbocycles. The average molecular weight is 260 g/mol. The number of carbonyl (C=O) groups excluding carboxylic acids is 3. The first-order valence-corrected chi connectivity index (χ1v) is 5.83. The van der Waals surface area contributed by atoms with E-state index < -0.39 is 5.91 Å².